The smallest absolute Gasteiger partial charge is 0.239 e. The molecule has 0 saturated carbocycles. The number of amides is 2. The zero-order chi connectivity index (χ0) is 15.7. The number of hydrogen-bond donors (Lipinski definition) is 0. The van der Waals surface area contributed by atoms with Gasteiger partial charge in [0.1, 0.15) is 5.92 Å². The lowest BCUT2D eigenvalue weighted by Gasteiger charge is -2.28. The first-order valence-corrected chi connectivity index (χ1v) is 7.96. The third-order valence-corrected chi connectivity index (χ3v) is 4.58. The largest absolute Gasteiger partial charge is 0.378 e. The van der Waals surface area contributed by atoms with Gasteiger partial charge in [0.05, 0.1) is 23.9 Å². The number of carbonyl (C=O) groups excluding carboxylic acids is 2. The predicted octanol–water partition coefficient (Wildman–Crippen LogP) is 2.21. The molecule has 0 aromatic heterocycles. The maximum Gasteiger partial charge on any atom is 0.239 e. The summed E-state index contributed by atoms with van der Waals surface area (Å²) in [5.74, 6) is -0.956. The molecule has 2 aliphatic heterocycles. The molecule has 22 heavy (non-hydrogen) atoms. The molecule has 0 bridgehead atoms. The van der Waals surface area contributed by atoms with Crippen LogP contribution in [0.3, 0.4) is 0 Å². The lowest BCUT2D eigenvalue weighted by Crippen LogP contribution is -2.45. The van der Waals surface area contributed by atoms with Gasteiger partial charge >= 0.3 is 0 Å². The SMILES string of the molecule is O=C([C@H]1CCN(c2cc(Cl)ccc2Cl)C1=O)N1CCOCC1. The number of benzene rings is 1. The van der Waals surface area contributed by atoms with E-state index in [1.165, 1.54) is 0 Å². The minimum absolute atomic E-state index is 0.117. The molecule has 0 spiro atoms. The third kappa shape index (κ3) is 2.93. The minimum Gasteiger partial charge on any atom is -0.378 e. The van der Waals surface area contributed by atoms with Crippen LogP contribution in [0.15, 0.2) is 18.2 Å². The summed E-state index contributed by atoms with van der Waals surface area (Å²) in [7, 11) is 0. The van der Waals surface area contributed by atoms with Gasteiger partial charge in [-0.2, -0.15) is 0 Å². The van der Waals surface area contributed by atoms with Gasteiger partial charge in [-0.25, -0.2) is 0 Å². The Bertz CT molecular complexity index is 602. The predicted molar refractivity (Wildman–Crippen MR) is 84.3 cm³/mol. The minimum atomic E-state index is -0.631. The Morgan fingerprint density at radius 1 is 1.18 bits per heavy atom. The zero-order valence-corrected chi connectivity index (χ0v) is 13.4. The third-order valence-electron chi connectivity index (χ3n) is 4.03. The second-order valence-electron chi connectivity index (χ2n) is 5.36. The quantitative estimate of drug-likeness (QED) is 0.774. The Hall–Kier alpha value is -1.30. The van der Waals surface area contributed by atoms with Crippen LogP contribution in [0.2, 0.25) is 10.0 Å². The van der Waals surface area contributed by atoms with Crippen molar-refractivity contribution in [1.29, 1.82) is 0 Å². The van der Waals surface area contributed by atoms with E-state index in [-0.39, 0.29) is 11.8 Å². The van der Waals surface area contributed by atoms with E-state index in [1.807, 2.05) is 0 Å². The number of nitrogens with zero attached hydrogens (tertiary/aromatic N) is 2. The summed E-state index contributed by atoms with van der Waals surface area (Å²) < 4.78 is 5.24. The van der Waals surface area contributed by atoms with Crippen LogP contribution in [-0.4, -0.2) is 49.6 Å². The molecule has 1 aromatic rings. The number of carbonyl (C=O) groups is 2. The topological polar surface area (TPSA) is 49.9 Å². The molecule has 1 atom stereocenters. The van der Waals surface area contributed by atoms with Crippen LogP contribution in [0.5, 0.6) is 0 Å². The first-order valence-electron chi connectivity index (χ1n) is 7.21. The van der Waals surface area contributed by atoms with Crippen molar-refractivity contribution in [3.05, 3.63) is 28.2 Å². The molecule has 0 unspecified atom stereocenters. The summed E-state index contributed by atoms with van der Waals surface area (Å²) in [5, 5.41) is 0.965. The van der Waals surface area contributed by atoms with E-state index in [0.29, 0.717) is 55.0 Å². The van der Waals surface area contributed by atoms with Crippen molar-refractivity contribution in [2.24, 2.45) is 5.92 Å². The van der Waals surface area contributed by atoms with E-state index >= 15 is 0 Å². The molecule has 0 N–H and O–H groups in total. The molecular formula is C15H16Cl2N2O3. The van der Waals surface area contributed by atoms with Gasteiger partial charge in [-0.15, -0.1) is 0 Å². The number of ether oxygens (including phenoxy) is 1. The molecule has 2 saturated heterocycles. The van der Waals surface area contributed by atoms with Gasteiger partial charge in [0.15, 0.2) is 0 Å². The Balaban J connectivity index is 1.77. The Morgan fingerprint density at radius 2 is 1.91 bits per heavy atom. The summed E-state index contributed by atoms with van der Waals surface area (Å²) in [6.07, 6.45) is 0.498. The van der Waals surface area contributed by atoms with Gasteiger partial charge in [0.2, 0.25) is 11.8 Å². The molecule has 3 rings (SSSR count). The Morgan fingerprint density at radius 3 is 2.64 bits per heavy atom. The molecule has 0 aliphatic carbocycles. The fourth-order valence-electron chi connectivity index (χ4n) is 2.85. The number of anilines is 1. The van der Waals surface area contributed by atoms with E-state index in [1.54, 1.807) is 28.0 Å². The highest BCUT2D eigenvalue weighted by atomic mass is 35.5. The van der Waals surface area contributed by atoms with Gasteiger partial charge in [0, 0.05) is 24.7 Å². The monoisotopic (exact) mass is 342 g/mol. The van der Waals surface area contributed by atoms with Gasteiger partial charge in [-0.1, -0.05) is 23.2 Å². The maximum atomic E-state index is 12.6. The highest BCUT2D eigenvalue weighted by Gasteiger charge is 2.40. The summed E-state index contributed by atoms with van der Waals surface area (Å²) in [5.41, 5.74) is 0.566. The first kappa shape index (κ1) is 15.6. The molecule has 7 heteroatoms. The van der Waals surface area contributed by atoms with Gasteiger partial charge < -0.3 is 14.5 Å². The number of halogens is 2. The number of morpholine rings is 1. The molecule has 1 aromatic carbocycles. The van der Waals surface area contributed by atoms with E-state index in [4.69, 9.17) is 27.9 Å². The fourth-order valence-corrected chi connectivity index (χ4v) is 3.23. The van der Waals surface area contributed by atoms with Crippen LogP contribution in [-0.2, 0) is 14.3 Å². The Labute approximate surface area is 138 Å². The Kier molecular flexibility index (Phi) is 4.57. The van der Waals surface area contributed by atoms with Crippen LogP contribution in [0.4, 0.5) is 5.69 Å². The first-order chi connectivity index (χ1) is 10.6. The fraction of sp³-hybridized carbons (Fsp3) is 0.467. The van der Waals surface area contributed by atoms with Crippen LogP contribution >= 0.6 is 23.2 Å². The molecule has 0 radical (unpaired) electrons. The van der Waals surface area contributed by atoms with Gasteiger partial charge in [0.25, 0.3) is 0 Å². The molecule has 5 nitrogen and oxygen atoms in total. The average Bonchev–Trinajstić information content (AvgIpc) is 2.91. The second kappa shape index (κ2) is 6.44. The maximum absolute atomic E-state index is 12.6. The van der Waals surface area contributed by atoms with Crippen LogP contribution in [0.25, 0.3) is 0 Å². The normalized spacial score (nSPS) is 22.3. The van der Waals surface area contributed by atoms with Crippen LogP contribution < -0.4 is 4.90 Å². The summed E-state index contributed by atoms with van der Waals surface area (Å²) >= 11 is 12.1. The molecular weight excluding hydrogens is 327 g/mol. The van der Waals surface area contributed by atoms with Crippen molar-refractivity contribution >= 4 is 40.7 Å². The van der Waals surface area contributed by atoms with Crippen molar-refractivity contribution < 1.29 is 14.3 Å². The van der Waals surface area contributed by atoms with E-state index in [0.717, 1.165) is 0 Å². The summed E-state index contributed by atoms with van der Waals surface area (Å²) in [4.78, 5) is 28.4. The number of rotatable bonds is 2. The van der Waals surface area contributed by atoms with Gasteiger partial charge in [-0.3, -0.25) is 9.59 Å². The van der Waals surface area contributed by atoms with E-state index < -0.39 is 5.92 Å². The summed E-state index contributed by atoms with van der Waals surface area (Å²) in [6, 6.07) is 4.98. The van der Waals surface area contributed by atoms with Crippen molar-refractivity contribution in [1.82, 2.24) is 4.90 Å². The molecule has 2 heterocycles. The molecule has 2 aliphatic rings. The van der Waals surface area contributed by atoms with Crippen LogP contribution in [0.1, 0.15) is 6.42 Å². The van der Waals surface area contributed by atoms with Crippen molar-refractivity contribution in [2.45, 2.75) is 6.42 Å². The standard InChI is InChI=1S/C15H16Cl2N2O3/c16-10-1-2-12(17)13(9-10)19-4-3-11(15(19)21)14(20)18-5-7-22-8-6-18/h1-2,9,11H,3-8H2/t11-/m1/s1. The van der Waals surface area contributed by atoms with E-state index in [2.05, 4.69) is 0 Å². The van der Waals surface area contributed by atoms with Gasteiger partial charge in [-0.05, 0) is 24.6 Å². The highest BCUT2D eigenvalue weighted by Crippen LogP contribution is 2.34. The second-order valence-corrected chi connectivity index (χ2v) is 6.21. The van der Waals surface area contributed by atoms with Crippen molar-refractivity contribution in [3.8, 4) is 0 Å². The van der Waals surface area contributed by atoms with E-state index in [9.17, 15) is 9.59 Å². The summed E-state index contributed by atoms with van der Waals surface area (Å²) in [6.45, 7) is 2.60. The van der Waals surface area contributed by atoms with Crippen molar-refractivity contribution in [2.75, 3.05) is 37.7 Å². The lowest BCUT2D eigenvalue weighted by molar-refractivity contribution is -0.143. The van der Waals surface area contributed by atoms with Crippen molar-refractivity contribution in [3.63, 3.8) is 0 Å². The zero-order valence-electron chi connectivity index (χ0n) is 11.9. The highest BCUT2D eigenvalue weighted by molar-refractivity contribution is 6.36. The lowest BCUT2D eigenvalue weighted by atomic mass is 10.1. The number of hydrogen-bond acceptors (Lipinski definition) is 3. The molecule has 2 amide bonds. The van der Waals surface area contributed by atoms with Crippen LogP contribution in [0, 0.1) is 5.92 Å². The average molecular weight is 343 g/mol. The molecule has 118 valence electrons. The molecule has 2 fully saturated rings.